The highest BCUT2D eigenvalue weighted by Crippen LogP contribution is 2.27. The van der Waals surface area contributed by atoms with Gasteiger partial charge in [0.15, 0.2) is 0 Å². The van der Waals surface area contributed by atoms with E-state index in [1.807, 2.05) is 78.9 Å². The van der Waals surface area contributed by atoms with Crippen LogP contribution in [0.3, 0.4) is 0 Å². The second kappa shape index (κ2) is 12.9. The minimum atomic E-state index is -1.15. The van der Waals surface area contributed by atoms with Crippen molar-refractivity contribution < 1.29 is 19.1 Å². The van der Waals surface area contributed by atoms with Crippen molar-refractivity contribution in [3.63, 3.8) is 0 Å². The number of likely N-dealkylation sites (N-methyl/N-ethyl adjacent to an activating group) is 1. The van der Waals surface area contributed by atoms with Crippen LogP contribution in [0.2, 0.25) is 0 Å². The summed E-state index contributed by atoms with van der Waals surface area (Å²) in [7, 11) is 1.66. The lowest BCUT2D eigenvalue weighted by molar-refractivity contribution is -0.130. The summed E-state index contributed by atoms with van der Waals surface area (Å²) in [5.41, 5.74) is 3.73. The first-order chi connectivity index (χ1) is 18.9. The molecule has 4 rings (SSSR count). The summed E-state index contributed by atoms with van der Waals surface area (Å²) in [5, 5.41) is 5.45. The van der Waals surface area contributed by atoms with Gasteiger partial charge in [-0.2, -0.15) is 0 Å². The van der Waals surface area contributed by atoms with Gasteiger partial charge in [0.05, 0.1) is 24.4 Å². The number of ether oxygens (including phenoxy) is 1. The van der Waals surface area contributed by atoms with Crippen LogP contribution in [0.4, 0.5) is 5.69 Å². The van der Waals surface area contributed by atoms with E-state index in [4.69, 9.17) is 9.73 Å². The average molecular weight is 527 g/mol. The van der Waals surface area contributed by atoms with Crippen LogP contribution < -0.4 is 20.3 Å². The van der Waals surface area contributed by atoms with Crippen molar-refractivity contribution in [2.75, 3.05) is 18.6 Å². The fourth-order valence-corrected chi connectivity index (χ4v) is 4.28. The highest BCUT2D eigenvalue weighted by Gasteiger charge is 2.32. The van der Waals surface area contributed by atoms with Crippen molar-refractivity contribution in [3.05, 3.63) is 95.6 Å². The highest BCUT2D eigenvalue weighted by atomic mass is 16.5. The first kappa shape index (κ1) is 27.6. The normalized spacial score (nSPS) is 15.5. The molecule has 0 bridgehead atoms. The third-order valence-electron chi connectivity index (χ3n) is 6.49. The van der Waals surface area contributed by atoms with Gasteiger partial charge in [-0.15, -0.1) is 0 Å². The van der Waals surface area contributed by atoms with Crippen molar-refractivity contribution in [2.45, 2.75) is 45.3 Å². The van der Waals surface area contributed by atoms with Crippen LogP contribution in [0, 0.1) is 0 Å². The minimum Gasteiger partial charge on any atom is -0.494 e. The Kier molecular flexibility index (Phi) is 9.10. The minimum absolute atomic E-state index is 0.115. The molecule has 0 spiro atoms. The molecule has 0 aromatic heterocycles. The van der Waals surface area contributed by atoms with Gasteiger partial charge in [0.2, 0.25) is 18.0 Å². The van der Waals surface area contributed by atoms with Crippen molar-refractivity contribution in [2.24, 2.45) is 4.99 Å². The number of rotatable bonds is 10. The molecule has 3 aromatic rings. The van der Waals surface area contributed by atoms with E-state index in [9.17, 15) is 14.4 Å². The van der Waals surface area contributed by atoms with Crippen molar-refractivity contribution in [1.29, 1.82) is 0 Å². The first-order valence-electron chi connectivity index (χ1n) is 13.2. The fourth-order valence-electron chi connectivity index (χ4n) is 4.28. The van der Waals surface area contributed by atoms with E-state index < -0.39 is 18.1 Å². The third-order valence-corrected chi connectivity index (χ3v) is 6.49. The van der Waals surface area contributed by atoms with Gasteiger partial charge in [-0.3, -0.25) is 14.4 Å². The van der Waals surface area contributed by atoms with E-state index in [-0.39, 0.29) is 18.2 Å². The molecule has 1 aliphatic rings. The molecule has 0 fully saturated rings. The topological polar surface area (TPSA) is 100 Å². The van der Waals surface area contributed by atoms with Gasteiger partial charge in [0, 0.05) is 18.2 Å². The maximum absolute atomic E-state index is 13.3. The molecule has 0 saturated heterocycles. The van der Waals surface area contributed by atoms with Crippen molar-refractivity contribution >= 4 is 29.1 Å². The Hall–Kier alpha value is -4.46. The SMILES string of the molecule is CCCCOc1ccc(CC(=O)N[C@@H](C)C(=O)N[C@H]2N=C(c3ccccc3)c3ccccc3N(C)C2=O)cc1. The van der Waals surface area contributed by atoms with E-state index in [2.05, 4.69) is 17.6 Å². The molecule has 0 radical (unpaired) electrons. The van der Waals surface area contributed by atoms with Crippen LogP contribution in [0.1, 0.15) is 43.4 Å². The van der Waals surface area contributed by atoms with Gasteiger partial charge in [-0.05, 0) is 37.1 Å². The number of fused-ring (bicyclic) bond motifs is 1. The Bertz CT molecular complexity index is 1340. The molecular weight excluding hydrogens is 492 g/mol. The van der Waals surface area contributed by atoms with E-state index in [0.29, 0.717) is 18.0 Å². The summed E-state index contributed by atoms with van der Waals surface area (Å²) in [6, 6.07) is 23.5. The number of aliphatic imine (C=N–C) groups is 1. The molecule has 202 valence electrons. The van der Waals surface area contributed by atoms with Gasteiger partial charge < -0.3 is 20.3 Å². The Balaban J connectivity index is 1.43. The molecule has 3 amide bonds. The van der Waals surface area contributed by atoms with Crippen molar-refractivity contribution in [1.82, 2.24) is 10.6 Å². The molecule has 39 heavy (non-hydrogen) atoms. The summed E-state index contributed by atoms with van der Waals surface area (Å²) in [6.45, 7) is 4.35. The molecule has 1 heterocycles. The van der Waals surface area contributed by atoms with Gasteiger partial charge in [0.1, 0.15) is 11.8 Å². The van der Waals surface area contributed by atoms with Crippen LogP contribution in [0.5, 0.6) is 5.75 Å². The number of carbonyl (C=O) groups is 3. The lowest BCUT2D eigenvalue weighted by Gasteiger charge is -2.22. The summed E-state index contributed by atoms with van der Waals surface area (Å²) in [6.07, 6.45) is 1.01. The quantitative estimate of drug-likeness (QED) is 0.392. The average Bonchev–Trinajstić information content (AvgIpc) is 3.05. The highest BCUT2D eigenvalue weighted by molar-refractivity contribution is 6.20. The smallest absolute Gasteiger partial charge is 0.272 e. The monoisotopic (exact) mass is 526 g/mol. The van der Waals surface area contributed by atoms with E-state index in [1.54, 1.807) is 14.0 Å². The molecule has 0 aliphatic carbocycles. The third kappa shape index (κ3) is 6.90. The Morgan fingerprint density at radius 3 is 2.41 bits per heavy atom. The number of unbranched alkanes of at least 4 members (excludes halogenated alkanes) is 1. The Morgan fingerprint density at radius 2 is 1.69 bits per heavy atom. The maximum atomic E-state index is 13.3. The summed E-state index contributed by atoms with van der Waals surface area (Å²) >= 11 is 0. The maximum Gasteiger partial charge on any atom is 0.272 e. The second-order valence-electron chi connectivity index (χ2n) is 9.48. The van der Waals surface area contributed by atoms with Gasteiger partial charge in [-0.1, -0.05) is 74.0 Å². The molecule has 0 unspecified atom stereocenters. The molecule has 2 atom stereocenters. The molecule has 8 heteroatoms. The lowest BCUT2D eigenvalue weighted by Crippen LogP contribution is -2.52. The van der Waals surface area contributed by atoms with E-state index >= 15 is 0 Å². The number of hydrogen-bond acceptors (Lipinski definition) is 5. The number of carbonyl (C=O) groups excluding carboxylic acids is 3. The number of hydrogen-bond donors (Lipinski definition) is 2. The number of anilines is 1. The fraction of sp³-hybridized carbons (Fsp3) is 0.290. The summed E-state index contributed by atoms with van der Waals surface area (Å²) in [4.78, 5) is 45.2. The van der Waals surface area contributed by atoms with E-state index in [1.165, 1.54) is 4.90 Å². The van der Waals surface area contributed by atoms with Gasteiger partial charge >= 0.3 is 0 Å². The molecule has 1 aliphatic heterocycles. The van der Waals surface area contributed by atoms with Crippen LogP contribution >= 0.6 is 0 Å². The molecule has 2 N–H and O–H groups in total. The molecule has 3 aromatic carbocycles. The molecule has 8 nitrogen and oxygen atoms in total. The Labute approximate surface area is 229 Å². The van der Waals surface area contributed by atoms with Crippen LogP contribution in [0.15, 0.2) is 83.9 Å². The molecule has 0 saturated carbocycles. The summed E-state index contributed by atoms with van der Waals surface area (Å²) < 4.78 is 5.66. The van der Waals surface area contributed by atoms with Crippen LogP contribution in [-0.2, 0) is 20.8 Å². The number of amides is 3. The zero-order chi connectivity index (χ0) is 27.8. The zero-order valence-electron chi connectivity index (χ0n) is 22.5. The predicted molar refractivity (Wildman–Crippen MR) is 152 cm³/mol. The first-order valence-corrected chi connectivity index (χ1v) is 13.2. The summed E-state index contributed by atoms with van der Waals surface area (Å²) in [5.74, 6) is -0.420. The molecular formula is C31H34N4O4. The largest absolute Gasteiger partial charge is 0.494 e. The number of benzodiazepines with no additional fused rings is 1. The number of para-hydroxylation sites is 1. The zero-order valence-corrected chi connectivity index (χ0v) is 22.5. The van der Waals surface area contributed by atoms with Gasteiger partial charge in [-0.25, -0.2) is 4.99 Å². The van der Waals surface area contributed by atoms with Crippen LogP contribution in [0.25, 0.3) is 0 Å². The number of nitrogens with zero attached hydrogens (tertiary/aromatic N) is 2. The standard InChI is InChI=1S/C31H34N4O4/c1-4-5-19-39-24-17-15-22(16-18-24)20-27(36)32-21(2)30(37)34-29-31(38)35(3)26-14-10-9-13-25(26)28(33-29)23-11-7-6-8-12-23/h6-18,21,29H,4-5,19-20H2,1-3H3,(H,32,36)(H,34,37)/t21-,29+/m0/s1. The lowest BCUT2D eigenvalue weighted by atomic mass is 10.0. The Morgan fingerprint density at radius 1 is 1.00 bits per heavy atom. The predicted octanol–water partition coefficient (Wildman–Crippen LogP) is 3.87. The van der Waals surface area contributed by atoms with Gasteiger partial charge in [0.25, 0.3) is 5.91 Å². The number of benzene rings is 3. The van der Waals surface area contributed by atoms with Crippen molar-refractivity contribution in [3.8, 4) is 5.75 Å². The van der Waals surface area contributed by atoms with E-state index in [0.717, 1.165) is 35.3 Å². The second-order valence-corrected chi connectivity index (χ2v) is 9.48. The number of nitrogens with one attached hydrogen (secondary N) is 2. The van der Waals surface area contributed by atoms with Crippen LogP contribution in [-0.4, -0.2) is 49.3 Å².